The lowest BCUT2D eigenvalue weighted by Crippen LogP contribution is -2.42. The maximum absolute atomic E-state index is 11.7. The van der Waals surface area contributed by atoms with Gasteiger partial charge in [-0.3, -0.25) is 9.89 Å². The van der Waals surface area contributed by atoms with Crippen LogP contribution in [0.4, 0.5) is 4.79 Å². The molecule has 0 bridgehead atoms. The van der Waals surface area contributed by atoms with Gasteiger partial charge in [0, 0.05) is 12.5 Å². The van der Waals surface area contributed by atoms with Crippen LogP contribution in [0.2, 0.25) is 0 Å². The monoisotopic (exact) mass is 269 g/mol. The van der Waals surface area contributed by atoms with Crippen LogP contribution < -0.4 is 10.6 Å². The first-order valence-electron chi connectivity index (χ1n) is 6.13. The average molecular weight is 269 g/mol. The molecule has 0 aromatic carbocycles. The van der Waals surface area contributed by atoms with Crippen LogP contribution in [0.25, 0.3) is 0 Å². The Bertz CT molecular complexity index is 406. The first-order valence-corrected chi connectivity index (χ1v) is 6.13. The number of carboxylic acid groups (broad SMARTS) is 1. The third-order valence-electron chi connectivity index (χ3n) is 2.60. The number of aromatic amines is 1. The van der Waals surface area contributed by atoms with Gasteiger partial charge in [0.25, 0.3) is 0 Å². The maximum atomic E-state index is 11.7. The van der Waals surface area contributed by atoms with Gasteiger partial charge >= 0.3 is 12.0 Å². The van der Waals surface area contributed by atoms with E-state index in [4.69, 9.17) is 5.11 Å². The van der Waals surface area contributed by atoms with Crippen molar-refractivity contribution in [1.29, 1.82) is 0 Å². The molecule has 2 unspecified atom stereocenters. The standard InChI is InChI=1S/C11H19N5O3/c1-7(4-3-5-9(17)18)14-11(19)15-8(2)10-12-6-13-16-10/h6-8H,3-5H2,1-2H3,(H,17,18)(H,12,13,16)(H2,14,15,19). The van der Waals surface area contributed by atoms with Crippen molar-refractivity contribution in [2.45, 2.75) is 45.2 Å². The molecule has 0 radical (unpaired) electrons. The summed E-state index contributed by atoms with van der Waals surface area (Å²) in [6.45, 7) is 3.62. The van der Waals surface area contributed by atoms with Crippen LogP contribution in [0.1, 0.15) is 45.0 Å². The first kappa shape index (κ1) is 14.9. The van der Waals surface area contributed by atoms with Crippen molar-refractivity contribution in [2.75, 3.05) is 0 Å². The molecule has 1 aromatic rings. The number of aliphatic carboxylic acids is 1. The molecule has 0 aliphatic rings. The summed E-state index contributed by atoms with van der Waals surface area (Å²) >= 11 is 0. The Labute approximate surface area is 111 Å². The Morgan fingerprint density at radius 3 is 2.74 bits per heavy atom. The molecule has 4 N–H and O–H groups in total. The number of rotatable bonds is 7. The van der Waals surface area contributed by atoms with E-state index in [0.717, 1.165) is 0 Å². The quantitative estimate of drug-likeness (QED) is 0.583. The second kappa shape index (κ2) is 7.34. The maximum Gasteiger partial charge on any atom is 0.315 e. The number of urea groups is 1. The van der Waals surface area contributed by atoms with Crippen molar-refractivity contribution in [3.63, 3.8) is 0 Å². The lowest BCUT2D eigenvalue weighted by atomic mass is 10.1. The Morgan fingerprint density at radius 2 is 2.16 bits per heavy atom. The van der Waals surface area contributed by atoms with Gasteiger partial charge in [-0.1, -0.05) is 0 Å². The molecule has 1 heterocycles. The van der Waals surface area contributed by atoms with Gasteiger partial charge in [-0.05, 0) is 26.7 Å². The van der Waals surface area contributed by atoms with E-state index in [2.05, 4.69) is 25.8 Å². The number of H-pyrrole nitrogens is 1. The SMILES string of the molecule is CC(CCCC(=O)O)NC(=O)NC(C)c1ncn[nH]1. The molecule has 8 nitrogen and oxygen atoms in total. The largest absolute Gasteiger partial charge is 0.481 e. The molecule has 1 rings (SSSR count). The summed E-state index contributed by atoms with van der Waals surface area (Å²) in [4.78, 5) is 26.0. The van der Waals surface area contributed by atoms with Crippen molar-refractivity contribution in [3.05, 3.63) is 12.2 Å². The fourth-order valence-corrected chi connectivity index (χ4v) is 1.59. The molecule has 19 heavy (non-hydrogen) atoms. The molecule has 0 saturated carbocycles. The van der Waals surface area contributed by atoms with E-state index < -0.39 is 5.97 Å². The number of hydrogen-bond acceptors (Lipinski definition) is 4. The Hall–Kier alpha value is -2.12. The van der Waals surface area contributed by atoms with Gasteiger partial charge in [-0.15, -0.1) is 0 Å². The van der Waals surface area contributed by atoms with E-state index >= 15 is 0 Å². The molecule has 1 aromatic heterocycles. The van der Waals surface area contributed by atoms with Crippen molar-refractivity contribution >= 4 is 12.0 Å². The molecule has 0 saturated heterocycles. The molecular formula is C11H19N5O3. The Balaban J connectivity index is 2.24. The highest BCUT2D eigenvalue weighted by molar-refractivity contribution is 5.74. The van der Waals surface area contributed by atoms with Crippen molar-refractivity contribution in [2.24, 2.45) is 0 Å². The van der Waals surface area contributed by atoms with Crippen LogP contribution in [0.3, 0.4) is 0 Å². The summed E-state index contributed by atoms with van der Waals surface area (Å²) in [5.74, 6) is -0.246. The molecule has 106 valence electrons. The highest BCUT2D eigenvalue weighted by Gasteiger charge is 2.13. The van der Waals surface area contributed by atoms with Crippen LogP contribution in [0.5, 0.6) is 0 Å². The molecular weight excluding hydrogens is 250 g/mol. The summed E-state index contributed by atoms with van der Waals surface area (Å²) in [7, 11) is 0. The number of amides is 2. The van der Waals surface area contributed by atoms with E-state index in [1.807, 2.05) is 6.92 Å². The number of aromatic nitrogens is 3. The molecule has 8 heteroatoms. The van der Waals surface area contributed by atoms with Crippen LogP contribution in [-0.2, 0) is 4.79 Å². The second-order valence-corrected chi connectivity index (χ2v) is 4.40. The number of carbonyl (C=O) groups excluding carboxylic acids is 1. The number of nitrogens with zero attached hydrogens (tertiary/aromatic N) is 2. The van der Waals surface area contributed by atoms with Gasteiger partial charge in [0.15, 0.2) is 0 Å². The van der Waals surface area contributed by atoms with Crippen molar-refractivity contribution in [3.8, 4) is 0 Å². The third kappa shape index (κ3) is 5.84. The van der Waals surface area contributed by atoms with Crippen molar-refractivity contribution < 1.29 is 14.7 Å². The van der Waals surface area contributed by atoms with Gasteiger partial charge in [0.1, 0.15) is 12.2 Å². The predicted octanol–water partition coefficient (Wildman–Crippen LogP) is 0.808. The van der Waals surface area contributed by atoms with E-state index in [9.17, 15) is 9.59 Å². The highest BCUT2D eigenvalue weighted by atomic mass is 16.4. The zero-order valence-corrected chi connectivity index (χ0v) is 11.0. The van der Waals surface area contributed by atoms with Gasteiger partial charge in [-0.25, -0.2) is 9.78 Å². The molecule has 0 fully saturated rings. The Kier molecular flexibility index (Phi) is 5.77. The minimum absolute atomic E-state index is 0.0822. The van der Waals surface area contributed by atoms with E-state index in [-0.39, 0.29) is 24.5 Å². The topological polar surface area (TPSA) is 120 Å². The Morgan fingerprint density at radius 1 is 1.42 bits per heavy atom. The minimum atomic E-state index is -0.824. The van der Waals surface area contributed by atoms with Gasteiger partial charge in [0.05, 0.1) is 6.04 Å². The number of carbonyl (C=O) groups is 2. The van der Waals surface area contributed by atoms with Crippen LogP contribution in [0.15, 0.2) is 6.33 Å². The first-order chi connectivity index (χ1) is 8.99. The van der Waals surface area contributed by atoms with E-state index in [1.54, 1.807) is 6.92 Å². The number of hydrogen-bond donors (Lipinski definition) is 4. The molecule has 2 atom stereocenters. The fraction of sp³-hybridized carbons (Fsp3) is 0.636. The summed E-state index contributed by atoms with van der Waals surface area (Å²) in [6, 6.07) is -0.665. The zero-order valence-electron chi connectivity index (χ0n) is 11.0. The van der Waals surface area contributed by atoms with Crippen molar-refractivity contribution in [1.82, 2.24) is 25.8 Å². The number of carboxylic acids is 1. The highest BCUT2D eigenvalue weighted by Crippen LogP contribution is 2.04. The summed E-state index contributed by atoms with van der Waals surface area (Å²) < 4.78 is 0. The van der Waals surface area contributed by atoms with E-state index in [1.165, 1.54) is 6.33 Å². The molecule has 0 spiro atoms. The lowest BCUT2D eigenvalue weighted by molar-refractivity contribution is -0.137. The summed E-state index contributed by atoms with van der Waals surface area (Å²) in [6.07, 6.45) is 2.65. The second-order valence-electron chi connectivity index (χ2n) is 4.40. The van der Waals surface area contributed by atoms with Gasteiger partial charge < -0.3 is 15.7 Å². The fourth-order valence-electron chi connectivity index (χ4n) is 1.59. The third-order valence-corrected chi connectivity index (χ3v) is 2.60. The van der Waals surface area contributed by atoms with Crippen LogP contribution in [-0.4, -0.2) is 38.3 Å². The molecule has 2 amide bonds. The van der Waals surface area contributed by atoms with Crippen LogP contribution >= 0.6 is 0 Å². The lowest BCUT2D eigenvalue weighted by Gasteiger charge is -2.16. The van der Waals surface area contributed by atoms with Gasteiger partial charge in [-0.2, -0.15) is 5.10 Å². The average Bonchev–Trinajstić information content (AvgIpc) is 2.81. The smallest absolute Gasteiger partial charge is 0.315 e. The molecule has 0 aliphatic heterocycles. The molecule has 0 aliphatic carbocycles. The summed E-state index contributed by atoms with van der Waals surface area (Å²) in [5, 5.41) is 20.3. The van der Waals surface area contributed by atoms with Gasteiger partial charge in [0.2, 0.25) is 0 Å². The normalized spacial score (nSPS) is 13.6. The zero-order chi connectivity index (χ0) is 14.3. The minimum Gasteiger partial charge on any atom is -0.481 e. The summed E-state index contributed by atoms with van der Waals surface area (Å²) in [5.41, 5.74) is 0. The van der Waals surface area contributed by atoms with Crippen LogP contribution in [0, 0.1) is 0 Å². The predicted molar refractivity (Wildman–Crippen MR) is 67.4 cm³/mol. The van der Waals surface area contributed by atoms with E-state index in [0.29, 0.717) is 18.7 Å². The number of nitrogens with one attached hydrogen (secondary N) is 3.